The van der Waals surface area contributed by atoms with Crippen LogP contribution in [0.5, 0.6) is 0 Å². The van der Waals surface area contributed by atoms with Crippen LogP contribution in [0.25, 0.3) is 0 Å². The lowest BCUT2D eigenvalue weighted by Crippen LogP contribution is -1.61. The molecule has 0 aliphatic heterocycles. The van der Waals surface area contributed by atoms with E-state index in [-0.39, 0.29) is 0 Å². The molecule has 0 heterocycles. The lowest BCUT2D eigenvalue weighted by molar-refractivity contribution is 1.47. The lowest BCUT2D eigenvalue weighted by Gasteiger charge is -1.61. The largest absolute Gasteiger partial charge is 0.171 e. The van der Waals surface area contributed by atoms with Crippen LogP contribution in [0.3, 0.4) is 0 Å². The first-order chi connectivity index (χ1) is 1.91. The first kappa shape index (κ1) is 4.51. The fourth-order valence-corrected chi connectivity index (χ4v) is 0. The average molecular weight is 92.6 g/mol. The van der Waals surface area contributed by atoms with Crippen molar-refractivity contribution in [3.05, 3.63) is 0 Å². The van der Waals surface area contributed by atoms with Crippen LogP contribution in [0.4, 0.5) is 0 Å². The van der Waals surface area contributed by atoms with E-state index in [0.29, 0.717) is 8.83 Å². The van der Waals surface area contributed by atoms with Crippen molar-refractivity contribution >= 4 is 19.9 Å². The molecule has 0 atom stereocenters. The summed E-state index contributed by atoms with van der Waals surface area (Å²) in [4.78, 5) is 0. The third-order valence-electron chi connectivity index (χ3n) is 0.134. The van der Waals surface area contributed by atoms with E-state index in [1.165, 1.54) is 0 Å². The molecular weight excluding hydrogens is 87.6 g/mol. The van der Waals surface area contributed by atoms with Crippen LogP contribution >= 0.6 is 11.1 Å². The number of halogens is 1. The van der Waals surface area contributed by atoms with Crippen LogP contribution < -0.4 is 0 Å². The summed E-state index contributed by atoms with van der Waals surface area (Å²) in [6.07, 6.45) is 0. The third-order valence-corrected chi connectivity index (χ3v) is 1.20. The van der Waals surface area contributed by atoms with Gasteiger partial charge in [-0.2, -0.15) is 11.1 Å². The zero-order valence-electron chi connectivity index (χ0n) is 2.59. The van der Waals surface area contributed by atoms with Crippen molar-refractivity contribution in [3.63, 3.8) is 0 Å². The van der Waals surface area contributed by atoms with E-state index >= 15 is 0 Å². The molecule has 0 aliphatic rings. The van der Waals surface area contributed by atoms with Gasteiger partial charge >= 0.3 is 0 Å². The minimum absolute atomic E-state index is 0.613. The second-order valence-electron chi connectivity index (χ2n) is 0.487. The van der Waals surface area contributed by atoms with Crippen LogP contribution in [0.15, 0.2) is 0 Å². The molecule has 0 fully saturated rings. The van der Waals surface area contributed by atoms with Crippen molar-refractivity contribution in [1.82, 2.24) is 0 Å². The van der Waals surface area contributed by atoms with Crippen molar-refractivity contribution in [1.29, 1.82) is 0 Å². The maximum atomic E-state index is 5.21. The molecule has 24 valence electrons. The van der Waals surface area contributed by atoms with E-state index in [9.17, 15) is 0 Å². The highest BCUT2D eigenvalue weighted by atomic mass is 35.6. The Bertz CT molecular complexity index is 8.00. The van der Waals surface area contributed by atoms with E-state index in [0.717, 1.165) is 6.04 Å². The summed E-state index contributed by atoms with van der Waals surface area (Å²) < 4.78 is 0. The summed E-state index contributed by atoms with van der Waals surface area (Å²) in [6, 6.07) is 1.11. The van der Waals surface area contributed by atoms with E-state index in [1.807, 2.05) is 0 Å². The maximum Gasteiger partial charge on any atom is 0.171 e. The van der Waals surface area contributed by atoms with Crippen molar-refractivity contribution < 1.29 is 0 Å². The van der Waals surface area contributed by atoms with Crippen LogP contribution in [0.2, 0.25) is 6.04 Å². The first-order valence-corrected chi connectivity index (χ1v) is 3.47. The summed E-state index contributed by atoms with van der Waals surface area (Å²) in [5, 5.41) is 0. The normalized spacial score (nSPS) is 7.50. The van der Waals surface area contributed by atoms with E-state index in [2.05, 4.69) is 6.92 Å². The number of hydrogen-bond donors (Lipinski definition) is 0. The molecule has 0 aliphatic carbocycles. The SMILES string of the molecule is CC[Si]Cl. The molecule has 0 amide bonds. The standard InChI is InChI=1S/C2H5ClSi/c1-2-4-3/h2H2,1H3. The molecule has 0 N–H and O–H groups in total. The molecule has 4 heavy (non-hydrogen) atoms. The molecule has 0 aromatic heterocycles. The maximum absolute atomic E-state index is 5.21. The van der Waals surface area contributed by atoms with Gasteiger partial charge in [0.25, 0.3) is 0 Å². The van der Waals surface area contributed by atoms with Crippen LogP contribution in [0.1, 0.15) is 6.92 Å². The Kier molecular flexibility index (Phi) is 3.95. The van der Waals surface area contributed by atoms with Crippen molar-refractivity contribution in [2.24, 2.45) is 0 Å². The first-order valence-electron chi connectivity index (χ1n) is 1.25. The van der Waals surface area contributed by atoms with Crippen LogP contribution in [-0.2, 0) is 0 Å². The molecule has 0 unspecified atom stereocenters. The topological polar surface area (TPSA) is 0 Å². The Morgan fingerprint density at radius 2 is 2.25 bits per heavy atom. The summed E-state index contributed by atoms with van der Waals surface area (Å²) in [6.45, 7) is 2.06. The second-order valence-corrected chi connectivity index (χ2v) is 2.26. The quantitative estimate of drug-likeness (QED) is 0.338. The Labute approximate surface area is 33.7 Å². The predicted molar refractivity (Wildman–Crippen MR) is 22.1 cm³/mol. The van der Waals surface area contributed by atoms with Crippen LogP contribution in [0, 0.1) is 0 Å². The van der Waals surface area contributed by atoms with Gasteiger partial charge in [-0.05, 0) is 6.04 Å². The van der Waals surface area contributed by atoms with Crippen molar-refractivity contribution in [2.45, 2.75) is 13.0 Å². The van der Waals surface area contributed by atoms with Gasteiger partial charge in [0.05, 0.1) is 0 Å². The van der Waals surface area contributed by atoms with E-state index < -0.39 is 0 Å². The van der Waals surface area contributed by atoms with E-state index in [1.54, 1.807) is 0 Å². The fraction of sp³-hybridized carbons (Fsp3) is 1.00. The highest BCUT2D eigenvalue weighted by molar-refractivity contribution is 6.93. The average Bonchev–Trinajstić information content (AvgIpc) is 1.37. The Morgan fingerprint density at radius 3 is 2.25 bits per heavy atom. The number of rotatable bonds is 1. The third kappa shape index (κ3) is 2.51. The van der Waals surface area contributed by atoms with Gasteiger partial charge in [-0.15, -0.1) is 0 Å². The van der Waals surface area contributed by atoms with Crippen molar-refractivity contribution in [2.75, 3.05) is 0 Å². The summed E-state index contributed by atoms with van der Waals surface area (Å²) in [7, 11) is 0.613. The molecule has 0 nitrogen and oxygen atoms in total. The van der Waals surface area contributed by atoms with Gasteiger partial charge in [0.1, 0.15) is 0 Å². The van der Waals surface area contributed by atoms with Gasteiger partial charge in [0.15, 0.2) is 8.83 Å². The van der Waals surface area contributed by atoms with Crippen LogP contribution in [-0.4, -0.2) is 8.83 Å². The van der Waals surface area contributed by atoms with Crippen molar-refractivity contribution in [3.8, 4) is 0 Å². The van der Waals surface area contributed by atoms with Gasteiger partial charge in [0.2, 0.25) is 0 Å². The second kappa shape index (κ2) is 3.51. The van der Waals surface area contributed by atoms with Gasteiger partial charge in [-0.25, -0.2) is 0 Å². The molecule has 0 bridgehead atoms. The molecule has 2 radical (unpaired) electrons. The Morgan fingerprint density at radius 1 is 2.00 bits per heavy atom. The van der Waals surface area contributed by atoms with Gasteiger partial charge in [-0.1, -0.05) is 6.92 Å². The van der Waals surface area contributed by atoms with Gasteiger partial charge < -0.3 is 0 Å². The summed E-state index contributed by atoms with van der Waals surface area (Å²) in [5.41, 5.74) is 0. The summed E-state index contributed by atoms with van der Waals surface area (Å²) >= 11 is 5.21. The molecule has 0 aromatic carbocycles. The Balaban J connectivity index is 1.97. The smallest absolute Gasteiger partial charge is 0.171 e. The fourth-order valence-electron chi connectivity index (χ4n) is 0. The minimum Gasteiger partial charge on any atom is -0.171 e. The lowest BCUT2D eigenvalue weighted by atomic mass is 11.0. The monoisotopic (exact) mass is 92.0 g/mol. The molecule has 2 heteroatoms. The highest BCUT2D eigenvalue weighted by Crippen LogP contribution is 1.73. The Hall–Kier alpha value is 0.507. The van der Waals surface area contributed by atoms with Gasteiger partial charge in [0, 0.05) is 0 Å². The highest BCUT2D eigenvalue weighted by Gasteiger charge is 1.64. The van der Waals surface area contributed by atoms with Gasteiger partial charge in [-0.3, -0.25) is 0 Å². The molecule has 0 aromatic rings. The molecule has 0 spiro atoms. The zero-order valence-corrected chi connectivity index (χ0v) is 4.34. The predicted octanol–water partition coefficient (Wildman–Crippen LogP) is 1.28. The summed E-state index contributed by atoms with van der Waals surface area (Å²) in [5.74, 6) is 0. The molecular formula is C2H5ClSi. The molecule has 0 saturated heterocycles. The molecule has 0 rings (SSSR count). The van der Waals surface area contributed by atoms with E-state index in [4.69, 9.17) is 11.1 Å². The molecule has 0 saturated carbocycles. The minimum atomic E-state index is 0.613. The zero-order chi connectivity index (χ0) is 3.41. The number of hydrogen-bond acceptors (Lipinski definition) is 0.